The molecule has 1 aliphatic rings. The van der Waals surface area contributed by atoms with E-state index in [1.165, 1.54) is 16.7 Å². The maximum absolute atomic E-state index is 11.7. The monoisotopic (exact) mass is 282 g/mol. The highest BCUT2D eigenvalue weighted by Gasteiger charge is 2.28. The number of hydrogen-bond donors (Lipinski definition) is 0. The standard InChI is InChI=1S/C18H18O3/c1-2-20-18(19)11-17-15-10-6-9-14(16(15)12-21-17)13-7-4-3-5-8-13/h3-10,17H,2,11-12H2,1H3/t17-/m1/s1. The summed E-state index contributed by atoms with van der Waals surface area (Å²) in [6.45, 7) is 2.77. The number of ether oxygens (including phenoxy) is 2. The van der Waals surface area contributed by atoms with E-state index >= 15 is 0 Å². The summed E-state index contributed by atoms with van der Waals surface area (Å²) in [4.78, 5) is 11.7. The molecular weight excluding hydrogens is 264 g/mol. The Balaban J connectivity index is 1.89. The van der Waals surface area contributed by atoms with Crippen LogP contribution in [0.1, 0.15) is 30.6 Å². The van der Waals surface area contributed by atoms with Crippen molar-refractivity contribution in [1.82, 2.24) is 0 Å². The van der Waals surface area contributed by atoms with Gasteiger partial charge in [-0.25, -0.2) is 0 Å². The SMILES string of the molecule is CCOC(=O)C[C@H]1OCc2c(-c3ccccc3)cccc21. The van der Waals surface area contributed by atoms with Crippen molar-refractivity contribution >= 4 is 5.97 Å². The summed E-state index contributed by atoms with van der Waals surface area (Å²) in [5, 5.41) is 0. The van der Waals surface area contributed by atoms with E-state index in [9.17, 15) is 4.79 Å². The molecule has 1 aliphatic heterocycles. The zero-order valence-electron chi connectivity index (χ0n) is 12.0. The van der Waals surface area contributed by atoms with Gasteiger partial charge in [0.2, 0.25) is 0 Å². The van der Waals surface area contributed by atoms with Gasteiger partial charge < -0.3 is 9.47 Å². The topological polar surface area (TPSA) is 35.5 Å². The largest absolute Gasteiger partial charge is 0.466 e. The zero-order valence-corrected chi connectivity index (χ0v) is 12.0. The number of hydrogen-bond acceptors (Lipinski definition) is 3. The van der Waals surface area contributed by atoms with Crippen LogP contribution in [0.3, 0.4) is 0 Å². The van der Waals surface area contributed by atoms with Gasteiger partial charge in [-0.05, 0) is 29.2 Å². The predicted octanol–water partition coefficient (Wildman–Crippen LogP) is 3.88. The van der Waals surface area contributed by atoms with Crippen LogP contribution in [0.25, 0.3) is 11.1 Å². The molecule has 3 heteroatoms. The summed E-state index contributed by atoms with van der Waals surface area (Å²) in [7, 11) is 0. The molecular formula is C18H18O3. The van der Waals surface area contributed by atoms with Crippen molar-refractivity contribution in [2.75, 3.05) is 6.61 Å². The first-order chi connectivity index (χ1) is 10.3. The molecule has 2 aromatic rings. The number of benzene rings is 2. The third-order valence-electron chi connectivity index (χ3n) is 3.73. The van der Waals surface area contributed by atoms with Crippen LogP contribution in [0.15, 0.2) is 48.5 Å². The lowest BCUT2D eigenvalue weighted by Gasteiger charge is -2.11. The van der Waals surface area contributed by atoms with Crippen molar-refractivity contribution in [1.29, 1.82) is 0 Å². The maximum Gasteiger partial charge on any atom is 0.308 e. The van der Waals surface area contributed by atoms with Crippen LogP contribution in [0, 0.1) is 0 Å². The molecule has 1 heterocycles. The fourth-order valence-corrected chi connectivity index (χ4v) is 2.77. The summed E-state index contributed by atoms with van der Waals surface area (Å²) < 4.78 is 10.8. The number of carbonyl (C=O) groups excluding carboxylic acids is 1. The minimum atomic E-state index is -0.208. The Bertz CT molecular complexity index is 634. The highest BCUT2D eigenvalue weighted by molar-refractivity contribution is 5.72. The van der Waals surface area contributed by atoms with E-state index in [4.69, 9.17) is 9.47 Å². The Hall–Kier alpha value is -2.13. The third kappa shape index (κ3) is 2.83. The van der Waals surface area contributed by atoms with Crippen LogP contribution < -0.4 is 0 Å². The zero-order chi connectivity index (χ0) is 14.7. The predicted molar refractivity (Wildman–Crippen MR) is 80.7 cm³/mol. The van der Waals surface area contributed by atoms with E-state index in [1.807, 2.05) is 37.3 Å². The lowest BCUT2D eigenvalue weighted by Crippen LogP contribution is -2.09. The molecule has 0 fully saturated rings. The molecule has 0 aliphatic carbocycles. The van der Waals surface area contributed by atoms with Gasteiger partial charge in [0.25, 0.3) is 0 Å². The Kier molecular flexibility index (Phi) is 4.02. The highest BCUT2D eigenvalue weighted by atomic mass is 16.5. The maximum atomic E-state index is 11.7. The Morgan fingerprint density at radius 1 is 1.19 bits per heavy atom. The van der Waals surface area contributed by atoms with Crippen LogP contribution in [0.2, 0.25) is 0 Å². The molecule has 2 aromatic carbocycles. The average Bonchev–Trinajstić information content (AvgIpc) is 2.91. The van der Waals surface area contributed by atoms with Crippen molar-refractivity contribution in [3.63, 3.8) is 0 Å². The molecule has 0 unspecified atom stereocenters. The van der Waals surface area contributed by atoms with Gasteiger partial charge in [-0.15, -0.1) is 0 Å². The van der Waals surface area contributed by atoms with Crippen LogP contribution >= 0.6 is 0 Å². The summed E-state index contributed by atoms with van der Waals surface area (Å²) in [6, 6.07) is 16.4. The van der Waals surface area contributed by atoms with Crippen molar-refractivity contribution in [3.8, 4) is 11.1 Å². The smallest absolute Gasteiger partial charge is 0.308 e. The lowest BCUT2D eigenvalue weighted by atomic mass is 9.94. The van der Waals surface area contributed by atoms with Gasteiger partial charge in [-0.1, -0.05) is 48.5 Å². The first kappa shape index (κ1) is 13.8. The van der Waals surface area contributed by atoms with Gasteiger partial charge in [-0.3, -0.25) is 4.79 Å². The normalized spacial score (nSPS) is 16.5. The minimum absolute atomic E-state index is 0.192. The second-order valence-electron chi connectivity index (χ2n) is 5.05. The first-order valence-corrected chi connectivity index (χ1v) is 7.24. The van der Waals surface area contributed by atoms with E-state index < -0.39 is 0 Å². The number of esters is 1. The fourth-order valence-electron chi connectivity index (χ4n) is 2.77. The number of carbonyl (C=O) groups is 1. The molecule has 0 N–H and O–H groups in total. The molecule has 21 heavy (non-hydrogen) atoms. The average molecular weight is 282 g/mol. The van der Waals surface area contributed by atoms with Crippen molar-refractivity contribution in [3.05, 3.63) is 59.7 Å². The van der Waals surface area contributed by atoms with Gasteiger partial charge in [0, 0.05) is 0 Å². The van der Waals surface area contributed by atoms with Crippen molar-refractivity contribution in [2.45, 2.75) is 26.1 Å². The van der Waals surface area contributed by atoms with Crippen molar-refractivity contribution in [2.24, 2.45) is 0 Å². The minimum Gasteiger partial charge on any atom is -0.466 e. The van der Waals surface area contributed by atoms with Crippen LogP contribution in [-0.2, 0) is 20.9 Å². The molecule has 0 saturated heterocycles. The fraction of sp³-hybridized carbons (Fsp3) is 0.278. The molecule has 0 bridgehead atoms. The van der Waals surface area contributed by atoms with E-state index in [2.05, 4.69) is 18.2 Å². The van der Waals surface area contributed by atoms with Gasteiger partial charge in [0.1, 0.15) is 0 Å². The van der Waals surface area contributed by atoms with Gasteiger partial charge in [-0.2, -0.15) is 0 Å². The molecule has 0 aromatic heterocycles. The van der Waals surface area contributed by atoms with Crippen LogP contribution in [0.4, 0.5) is 0 Å². The van der Waals surface area contributed by atoms with Crippen molar-refractivity contribution < 1.29 is 14.3 Å². The Morgan fingerprint density at radius 2 is 2.00 bits per heavy atom. The molecule has 3 rings (SSSR count). The molecule has 0 saturated carbocycles. The number of fused-ring (bicyclic) bond motifs is 1. The van der Waals surface area contributed by atoms with E-state index in [0.29, 0.717) is 13.2 Å². The van der Waals surface area contributed by atoms with E-state index in [0.717, 1.165) is 5.56 Å². The molecule has 0 spiro atoms. The summed E-state index contributed by atoms with van der Waals surface area (Å²) in [6.07, 6.45) is 0.0849. The quantitative estimate of drug-likeness (QED) is 0.798. The second kappa shape index (κ2) is 6.10. The van der Waals surface area contributed by atoms with Crippen LogP contribution in [-0.4, -0.2) is 12.6 Å². The van der Waals surface area contributed by atoms with Crippen LogP contribution in [0.5, 0.6) is 0 Å². The molecule has 1 atom stereocenters. The Labute approximate surface area is 124 Å². The van der Waals surface area contributed by atoms with Gasteiger partial charge in [0.15, 0.2) is 0 Å². The summed E-state index contributed by atoms with van der Waals surface area (Å²) in [5.41, 5.74) is 4.64. The summed E-state index contributed by atoms with van der Waals surface area (Å²) >= 11 is 0. The highest BCUT2D eigenvalue weighted by Crippen LogP contribution is 2.38. The molecule has 0 amide bonds. The lowest BCUT2D eigenvalue weighted by molar-refractivity contribution is -0.146. The van der Waals surface area contributed by atoms with Gasteiger partial charge >= 0.3 is 5.97 Å². The van der Waals surface area contributed by atoms with E-state index in [-0.39, 0.29) is 18.5 Å². The Morgan fingerprint density at radius 3 is 2.76 bits per heavy atom. The third-order valence-corrected chi connectivity index (χ3v) is 3.73. The number of rotatable bonds is 4. The first-order valence-electron chi connectivity index (χ1n) is 7.24. The molecule has 108 valence electrons. The van der Waals surface area contributed by atoms with E-state index in [1.54, 1.807) is 0 Å². The van der Waals surface area contributed by atoms with Gasteiger partial charge in [0.05, 0.1) is 25.7 Å². The molecule has 3 nitrogen and oxygen atoms in total. The second-order valence-corrected chi connectivity index (χ2v) is 5.05. The molecule has 0 radical (unpaired) electrons. The summed E-state index contributed by atoms with van der Waals surface area (Å²) in [5.74, 6) is -0.208.